The third-order valence-corrected chi connectivity index (χ3v) is 4.42. The van der Waals surface area contributed by atoms with Crippen LogP contribution < -0.4 is 5.73 Å². The van der Waals surface area contributed by atoms with Gasteiger partial charge in [0.15, 0.2) is 16.6 Å². The molecule has 0 amide bonds. The van der Waals surface area contributed by atoms with Gasteiger partial charge in [0.25, 0.3) is 0 Å². The van der Waals surface area contributed by atoms with Crippen LogP contribution in [0.2, 0.25) is 0 Å². The SMILES string of the molecule is N#CCCSc1nc(N)c2ncn([C@H]3C[C@H](O)[C@@H](CO)O3)c2n1. The zero-order chi connectivity index (χ0) is 16.4. The van der Waals surface area contributed by atoms with Gasteiger partial charge in [-0.05, 0) is 0 Å². The maximum Gasteiger partial charge on any atom is 0.191 e. The van der Waals surface area contributed by atoms with Crippen molar-refractivity contribution in [2.24, 2.45) is 0 Å². The highest BCUT2D eigenvalue weighted by atomic mass is 32.2. The molecular weight excluding hydrogens is 320 g/mol. The van der Waals surface area contributed by atoms with Crippen LogP contribution >= 0.6 is 11.8 Å². The number of nitrogen functional groups attached to an aromatic ring is 1. The lowest BCUT2D eigenvalue weighted by Gasteiger charge is -2.13. The molecule has 1 fully saturated rings. The van der Waals surface area contributed by atoms with Gasteiger partial charge in [-0.2, -0.15) is 5.26 Å². The van der Waals surface area contributed by atoms with E-state index in [0.717, 1.165) is 0 Å². The molecule has 9 nitrogen and oxygen atoms in total. The molecule has 2 aromatic rings. The number of anilines is 1. The summed E-state index contributed by atoms with van der Waals surface area (Å²) in [5.41, 5.74) is 6.88. The number of aliphatic hydroxyl groups excluding tert-OH is 2. The lowest BCUT2D eigenvalue weighted by molar-refractivity contribution is -0.0432. The minimum absolute atomic E-state index is 0.253. The highest BCUT2D eigenvalue weighted by Gasteiger charge is 2.35. The second-order valence-electron chi connectivity index (χ2n) is 5.09. The van der Waals surface area contributed by atoms with Crippen molar-refractivity contribution in [3.63, 3.8) is 0 Å². The molecule has 23 heavy (non-hydrogen) atoms. The van der Waals surface area contributed by atoms with Gasteiger partial charge in [0, 0.05) is 18.6 Å². The van der Waals surface area contributed by atoms with Crippen LogP contribution in [-0.2, 0) is 4.74 Å². The van der Waals surface area contributed by atoms with E-state index < -0.39 is 18.4 Å². The lowest BCUT2D eigenvalue weighted by Crippen LogP contribution is -2.24. The van der Waals surface area contributed by atoms with Crippen LogP contribution in [0.4, 0.5) is 5.82 Å². The molecule has 0 unspecified atom stereocenters. The topological polar surface area (TPSA) is 143 Å². The highest BCUT2D eigenvalue weighted by Crippen LogP contribution is 2.32. The van der Waals surface area contributed by atoms with Gasteiger partial charge >= 0.3 is 0 Å². The van der Waals surface area contributed by atoms with Crippen LogP contribution in [0.15, 0.2) is 11.5 Å². The van der Waals surface area contributed by atoms with Gasteiger partial charge in [-0.3, -0.25) is 4.57 Å². The predicted molar refractivity (Wildman–Crippen MR) is 82.3 cm³/mol. The van der Waals surface area contributed by atoms with Gasteiger partial charge in [-0.1, -0.05) is 11.8 Å². The summed E-state index contributed by atoms with van der Waals surface area (Å²) < 4.78 is 7.31. The summed E-state index contributed by atoms with van der Waals surface area (Å²) >= 11 is 1.34. The molecule has 122 valence electrons. The smallest absolute Gasteiger partial charge is 0.191 e. The van der Waals surface area contributed by atoms with Gasteiger partial charge in [0.05, 0.1) is 25.1 Å². The monoisotopic (exact) mass is 336 g/mol. The number of thioether (sulfide) groups is 1. The van der Waals surface area contributed by atoms with Crippen LogP contribution in [0.25, 0.3) is 11.2 Å². The average molecular weight is 336 g/mol. The highest BCUT2D eigenvalue weighted by molar-refractivity contribution is 7.99. The Labute approximate surface area is 136 Å². The van der Waals surface area contributed by atoms with E-state index in [1.54, 1.807) is 4.57 Å². The maximum absolute atomic E-state index is 9.87. The van der Waals surface area contributed by atoms with E-state index in [4.69, 9.17) is 15.7 Å². The van der Waals surface area contributed by atoms with Crippen molar-refractivity contribution >= 4 is 28.7 Å². The van der Waals surface area contributed by atoms with Crippen LogP contribution in [0.3, 0.4) is 0 Å². The second-order valence-corrected chi connectivity index (χ2v) is 6.15. The Hall–Kier alpha value is -1.93. The Morgan fingerprint density at radius 3 is 3.04 bits per heavy atom. The Morgan fingerprint density at radius 1 is 1.52 bits per heavy atom. The number of aromatic nitrogens is 4. The van der Waals surface area contributed by atoms with E-state index in [0.29, 0.717) is 34.9 Å². The number of nitrogens with zero attached hydrogens (tertiary/aromatic N) is 5. The number of fused-ring (bicyclic) bond motifs is 1. The van der Waals surface area contributed by atoms with Crippen molar-refractivity contribution < 1.29 is 14.9 Å². The lowest BCUT2D eigenvalue weighted by atomic mass is 10.2. The summed E-state index contributed by atoms with van der Waals surface area (Å²) in [5.74, 6) is 0.825. The Morgan fingerprint density at radius 2 is 2.35 bits per heavy atom. The number of ether oxygens (including phenoxy) is 1. The van der Waals surface area contributed by atoms with Crippen molar-refractivity contribution in [2.75, 3.05) is 18.1 Å². The number of hydrogen-bond acceptors (Lipinski definition) is 9. The molecule has 0 radical (unpaired) electrons. The van der Waals surface area contributed by atoms with Gasteiger partial charge in [0.1, 0.15) is 17.8 Å². The number of hydrogen-bond donors (Lipinski definition) is 3. The number of nitrogens with two attached hydrogens (primary N) is 1. The summed E-state index contributed by atoms with van der Waals surface area (Å²) in [6, 6.07) is 2.06. The minimum atomic E-state index is -0.744. The number of nitriles is 1. The van der Waals surface area contributed by atoms with Crippen molar-refractivity contribution in [1.82, 2.24) is 19.5 Å². The average Bonchev–Trinajstić information content (AvgIpc) is 3.11. The first-order valence-corrected chi connectivity index (χ1v) is 8.06. The van der Waals surface area contributed by atoms with Crippen LogP contribution in [-0.4, -0.2) is 54.3 Å². The first kappa shape index (κ1) is 15.9. The molecule has 2 aromatic heterocycles. The largest absolute Gasteiger partial charge is 0.394 e. The Bertz CT molecular complexity index is 745. The number of imidazole rings is 1. The summed E-state index contributed by atoms with van der Waals surface area (Å²) in [6.45, 7) is -0.253. The van der Waals surface area contributed by atoms with E-state index in [-0.39, 0.29) is 12.4 Å². The first-order chi connectivity index (χ1) is 11.1. The van der Waals surface area contributed by atoms with E-state index in [2.05, 4.69) is 21.0 Å². The van der Waals surface area contributed by atoms with E-state index >= 15 is 0 Å². The summed E-state index contributed by atoms with van der Waals surface area (Å²) in [7, 11) is 0. The van der Waals surface area contributed by atoms with Crippen molar-refractivity contribution in [2.45, 2.75) is 36.4 Å². The van der Waals surface area contributed by atoms with Gasteiger partial charge < -0.3 is 20.7 Å². The van der Waals surface area contributed by atoms with E-state index in [1.165, 1.54) is 18.1 Å². The van der Waals surface area contributed by atoms with E-state index in [1.807, 2.05) is 0 Å². The van der Waals surface area contributed by atoms with Crippen molar-refractivity contribution in [3.8, 4) is 6.07 Å². The molecule has 1 aliphatic rings. The fraction of sp³-hybridized carbons (Fsp3) is 0.538. The van der Waals surface area contributed by atoms with Crippen molar-refractivity contribution in [1.29, 1.82) is 5.26 Å². The Balaban J connectivity index is 1.91. The molecule has 1 aliphatic heterocycles. The van der Waals surface area contributed by atoms with Crippen LogP contribution in [0, 0.1) is 11.3 Å². The van der Waals surface area contributed by atoms with Gasteiger partial charge in [-0.15, -0.1) is 0 Å². The van der Waals surface area contributed by atoms with Gasteiger partial charge in [0.2, 0.25) is 0 Å². The zero-order valence-electron chi connectivity index (χ0n) is 12.2. The molecule has 3 heterocycles. The molecule has 0 aliphatic carbocycles. The summed E-state index contributed by atoms with van der Waals surface area (Å²) in [5, 5.41) is 28.1. The zero-order valence-corrected chi connectivity index (χ0v) is 13.0. The third kappa shape index (κ3) is 3.09. The van der Waals surface area contributed by atoms with Gasteiger partial charge in [-0.25, -0.2) is 15.0 Å². The summed E-state index contributed by atoms with van der Waals surface area (Å²) in [4.78, 5) is 12.8. The molecule has 10 heteroatoms. The fourth-order valence-electron chi connectivity index (χ4n) is 2.43. The van der Waals surface area contributed by atoms with Crippen molar-refractivity contribution in [3.05, 3.63) is 6.33 Å². The molecule has 3 rings (SSSR count). The standard InChI is InChI=1S/C13H16N6O3S/c14-2-1-3-23-13-17-11(15)10-12(18-13)19(6-16-10)9-4-7(21)8(5-20)22-9/h6-9,20-21H,1,3-5H2,(H2,15,17,18)/t7-,8+,9+/m0/s1. The number of rotatable bonds is 5. The molecule has 0 aromatic carbocycles. The molecular formula is C13H16N6O3S. The fourth-order valence-corrected chi connectivity index (χ4v) is 3.12. The second kappa shape index (κ2) is 6.67. The molecule has 1 saturated heterocycles. The van der Waals surface area contributed by atoms with Crippen LogP contribution in [0.5, 0.6) is 0 Å². The molecule has 0 spiro atoms. The summed E-state index contributed by atoms with van der Waals surface area (Å²) in [6.07, 6.45) is 0.417. The molecule has 0 bridgehead atoms. The third-order valence-electron chi connectivity index (χ3n) is 3.57. The quantitative estimate of drug-likeness (QED) is 0.392. The first-order valence-electron chi connectivity index (χ1n) is 7.08. The predicted octanol–water partition coefficient (Wildman–Crippen LogP) is 0.0550. The molecule has 3 atom stereocenters. The Kier molecular flexibility index (Phi) is 4.63. The maximum atomic E-state index is 9.87. The number of aliphatic hydroxyl groups is 2. The normalized spacial score (nSPS) is 24.1. The van der Waals surface area contributed by atoms with E-state index in [9.17, 15) is 10.2 Å². The van der Waals surface area contributed by atoms with Crippen LogP contribution in [0.1, 0.15) is 19.1 Å². The molecule has 4 N–H and O–H groups in total. The molecule has 0 saturated carbocycles. The minimum Gasteiger partial charge on any atom is -0.394 e.